The van der Waals surface area contributed by atoms with Crippen LogP contribution in [0.1, 0.15) is 43.1 Å². The maximum atomic E-state index is 11.9. The van der Waals surface area contributed by atoms with Crippen molar-refractivity contribution >= 4 is 17.6 Å². The zero-order chi connectivity index (χ0) is 14.6. The average Bonchev–Trinajstić information content (AvgIpc) is 2.28. The van der Waals surface area contributed by atoms with Crippen LogP contribution in [0, 0.1) is 12.3 Å². The Morgan fingerprint density at radius 2 is 1.89 bits per heavy atom. The highest BCUT2D eigenvalue weighted by atomic mass is 16.5. The molecule has 104 valence electrons. The molecule has 0 saturated carbocycles. The summed E-state index contributed by atoms with van der Waals surface area (Å²) in [6, 6.07) is 5.11. The highest BCUT2D eigenvalue weighted by molar-refractivity contribution is 5.95. The maximum Gasteiger partial charge on any atom is 0.337 e. The van der Waals surface area contributed by atoms with Crippen molar-refractivity contribution in [3.05, 3.63) is 29.3 Å². The van der Waals surface area contributed by atoms with Crippen LogP contribution in [0.2, 0.25) is 0 Å². The molecule has 0 heterocycles. The van der Waals surface area contributed by atoms with Gasteiger partial charge < -0.3 is 10.1 Å². The molecule has 19 heavy (non-hydrogen) atoms. The number of carbonyl (C=O) groups excluding carboxylic acids is 2. The minimum Gasteiger partial charge on any atom is -0.465 e. The molecule has 0 aliphatic heterocycles. The van der Waals surface area contributed by atoms with Crippen molar-refractivity contribution in [3.8, 4) is 0 Å². The fraction of sp³-hybridized carbons (Fsp3) is 0.467. The van der Waals surface area contributed by atoms with Crippen LogP contribution in [0.5, 0.6) is 0 Å². The molecule has 0 unspecified atom stereocenters. The summed E-state index contributed by atoms with van der Waals surface area (Å²) in [7, 11) is 1.33. The van der Waals surface area contributed by atoms with Crippen molar-refractivity contribution in [1.29, 1.82) is 0 Å². The van der Waals surface area contributed by atoms with E-state index in [1.54, 1.807) is 18.2 Å². The lowest BCUT2D eigenvalue weighted by Crippen LogP contribution is -2.20. The molecule has 0 fully saturated rings. The zero-order valence-corrected chi connectivity index (χ0v) is 12.2. The molecule has 4 nitrogen and oxygen atoms in total. The third-order valence-corrected chi connectivity index (χ3v) is 2.62. The Morgan fingerprint density at radius 1 is 1.26 bits per heavy atom. The number of methoxy groups -OCH3 is 1. The van der Waals surface area contributed by atoms with E-state index in [-0.39, 0.29) is 11.3 Å². The van der Waals surface area contributed by atoms with Gasteiger partial charge in [0.1, 0.15) is 0 Å². The van der Waals surface area contributed by atoms with Crippen LogP contribution in [0.4, 0.5) is 5.69 Å². The van der Waals surface area contributed by atoms with Crippen LogP contribution in [0.25, 0.3) is 0 Å². The second-order valence-electron chi connectivity index (χ2n) is 5.81. The largest absolute Gasteiger partial charge is 0.465 e. The second-order valence-corrected chi connectivity index (χ2v) is 5.81. The first kappa shape index (κ1) is 15.2. The number of esters is 1. The average molecular weight is 263 g/mol. The lowest BCUT2D eigenvalue weighted by Gasteiger charge is -2.18. The number of carbonyl (C=O) groups is 2. The monoisotopic (exact) mass is 263 g/mol. The predicted octanol–water partition coefficient (Wildman–Crippen LogP) is 3.16. The summed E-state index contributed by atoms with van der Waals surface area (Å²) in [5, 5.41) is 2.84. The zero-order valence-electron chi connectivity index (χ0n) is 12.2. The highest BCUT2D eigenvalue weighted by Gasteiger charge is 2.17. The Morgan fingerprint density at radius 3 is 2.42 bits per heavy atom. The van der Waals surface area contributed by atoms with Gasteiger partial charge in [0, 0.05) is 12.1 Å². The van der Waals surface area contributed by atoms with Gasteiger partial charge in [0.25, 0.3) is 0 Å². The molecule has 0 saturated heterocycles. The number of ether oxygens (including phenoxy) is 1. The van der Waals surface area contributed by atoms with Gasteiger partial charge >= 0.3 is 5.97 Å². The minimum absolute atomic E-state index is 0.0578. The van der Waals surface area contributed by atoms with Gasteiger partial charge in [0.05, 0.1) is 12.7 Å². The predicted molar refractivity (Wildman–Crippen MR) is 75.2 cm³/mol. The summed E-state index contributed by atoms with van der Waals surface area (Å²) >= 11 is 0. The van der Waals surface area contributed by atoms with Crippen molar-refractivity contribution in [2.75, 3.05) is 12.4 Å². The number of hydrogen-bond acceptors (Lipinski definition) is 3. The molecule has 0 radical (unpaired) electrons. The number of hydrogen-bond donors (Lipinski definition) is 1. The number of aryl methyl sites for hydroxylation is 1. The SMILES string of the molecule is COC(=O)c1ccc(C)c(NC(=O)CC(C)(C)C)c1. The van der Waals surface area contributed by atoms with Crippen LogP contribution in [0.3, 0.4) is 0 Å². The van der Waals surface area contributed by atoms with Crippen molar-refractivity contribution in [3.63, 3.8) is 0 Å². The van der Waals surface area contributed by atoms with Crippen molar-refractivity contribution < 1.29 is 14.3 Å². The van der Waals surface area contributed by atoms with E-state index in [0.29, 0.717) is 17.7 Å². The van der Waals surface area contributed by atoms with Crippen molar-refractivity contribution in [2.45, 2.75) is 34.1 Å². The Balaban J connectivity index is 2.88. The van der Waals surface area contributed by atoms with Crippen LogP contribution >= 0.6 is 0 Å². The second kappa shape index (κ2) is 5.87. The lowest BCUT2D eigenvalue weighted by atomic mass is 9.92. The first-order valence-electron chi connectivity index (χ1n) is 6.22. The van der Waals surface area contributed by atoms with E-state index in [4.69, 9.17) is 0 Å². The summed E-state index contributed by atoms with van der Waals surface area (Å²) in [5.74, 6) is -0.469. The molecular formula is C15H21NO3. The molecule has 1 N–H and O–H groups in total. The molecular weight excluding hydrogens is 242 g/mol. The summed E-state index contributed by atoms with van der Waals surface area (Å²) in [5.41, 5.74) is 1.92. The Kier molecular flexibility index (Phi) is 4.70. The van der Waals surface area contributed by atoms with Crippen LogP contribution in [0.15, 0.2) is 18.2 Å². The molecule has 0 aliphatic carbocycles. The number of benzene rings is 1. The van der Waals surface area contributed by atoms with Crippen molar-refractivity contribution in [2.24, 2.45) is 5.41 Å². The van der Waals surface area contributed by atoms with E-state index >= 15 is 0 Å². The summed E-state index contributed by atoms with van der Waals surface area (Å²) in [6.07, 6.45) is 0.425. The van der Waals surface area contributed by atoms with Crippen LogP contribution in [-0.4, -0.2) is 19.0 Å². The molecule has 4 heteroatoms. The third kappa shape index (κ3) is 4.73. The maximum absolute atomic E-state index is 11.9. The van der Waals surface area contributed by atoms with E-state index in [1.165, 1.54) is 7.11 Å². The minimum atomic E-state index is -0.411. The topological polar surface area (TPSA) is 55.4 Å². The standard InChI is InChI=1S/C15H21NO3/c1-10-6-7-11(14(18)19-5)8-12(10)16-13(17)9-15(2,3)4/h6-8H,9H2,1-5H3,(H,16,17). The van der Waals surface area contributed by atoms with Crippen LogP contribution < -0.4 is 5.32 Å². The quantitative estimate of drug-likeness (QED) is 0.852. The van der Waals surface area contributed by atoms with E-state index in [2.05, 4.69) is 10.1 Å². The number of amides is 1. The first-order chi connectivity index (χ1) is 8.73. The summed E-state index contributed by atoms with van der Waals surface area (Å²) in [4.78, 5) is 23.4. The fourth-order valence-corrected chi connectivity index (χ4v) is 1.68. The van der Waals surface area contributed by atoms with Gasteiger partial charge in [-0.05, 0) is 30.0 Å². The van der Waals surface area contributed by atoms with Gasteiger partial charge in [0.2, 0.25) is 5.91 Å². The number of anilines is 1. The smallest absolute Gasteiger partial charge is 0.337 e. The number of nitrogens with one attached hydrogen (secondary N) is 1. The van der Waals surface area contributed by atoms with Gasteiger partial charge in [-0.2, -0.15) is 0 Å². The van der Waals surface area contributed by atoms with Gasteiger partial charge in [0.15, 0.2) is 0 Å². The molecule has 0 bridgehead atoms. The van der Waals surface area contributed by atoms with Gasteiger partial charge in [-0.15, -0.1) is 0 Å². The molecule has 0 atom stereocenters. The molecule has 0 aromatic heterocycles. The highest BCUT2D eigenvalue weighted by Crippen LogP contribution is 2.22. The molecule has 0 spiro atoms. The summed E-state index contributed by atoms with van der Waals surface area (Å²) in [6.45, 7) is 7.90. The van der Waals surface area contributed by atoms with E-state index < -0.39 is 5.97 Å². The van der Waals surface area contributed by atoms with Gasteiger partial charge in [-0.1, -0.05) is 26.8 Å². The molecule has 1 amide bonds. The van der Waals surface area contributed by atoms with E-state index in [9.17, 15) is 9.59 Å². The Bertz CT molecular complexity index is 487. The van der Waals surface area contributed by atoms with Gasteiger partial charge in [-0.3, -0.25) is 4.79 Å². The van der Waals surface area contributed by atoms with E-state index in [1.807, 2.05) is 27.7 Å². The van der Waals surface area contributed by atoms with Crippen LogP contribution in [-0.2, 0) is 9.53 Å². The third-order valence-electron chi connectivity index (χ3n) is 2.62. The lowest BCUT2D eigenvalue weighted by molar-refractivity contribution is -0.117. The number of rotatable bonds is 3. The Labute approximate surface area is 114 Å². The Hall–Kier alpha value is -1.84. The first-order valence-corrected chi connectivity index (χ1v) is 6.22. The molecule has 0 aliphatic rings. The molecule has 1 aromatic rings. The van der Waals surface area contributed by atoms with E-state index in [0.717, 1.165) is 5.56 Å². The molecule has 1 aromatic carbocycles. The molecule has 1 rings (SSSR count). The van der Waals surface area contributed by atoms with Crippen molar-refractivity contribution in [1.82, 2.24) is 0 Å². The fourth-order valence-electron chi connectivity index (χ4n) is 1.68. The van der Waals surface area contributed by atoms with Gasteiger partial charge in [-0.25, -0.2) is 4.79 Å². The summed E-state index contributed by atoms with van der Waals surface area (Å²) < 4.78 is 4.67. The normalized spacial score (nSPS) is 11.0.